The van der Waals surface area contributed by atoms with E-state index in [-0.39, 0.29) is 10.6 Å². The lowest BCUT2D eigenvalue weighted by Crippen LogP contribution is -2.31. The summed E-state index contributed by atoms with van der Waals surface area (Å²) in [4.78, 5) is 19.2. The number of nitrogens with zero attached hydrogens (tertiary/aromatic N) is 4. The molecule has 2 aromatic heterocycles. The van der Waals surface area contributed by atoms with Gasteiger partial charge in [0.15, 0.2) is 11.5 Å². The van der Waals surface area contributed by atoms with Gasteiger partial charge in [-0.15, -0.1) is 0 Å². The molecule has 0 atom stereocenters. The van der Waals surface area contributed by atoms with Gasteiger partial charge in [0.1, 0.15) is 0 Å². The van der Waals surface area contributed by atoms with E-state index in [1.54, 1.807) is 50.5 Å². The fraction of sp³-hybridized carbons (Fsp3) is 0.348. The monoisotopic (exact) mass is 471 g/mol. The molecule has 0 radical (unpaired) electrons. The molecular formula is C23H29N5O4S. The predicted molar refractivity (Wildman–Crippen MR) is 128 cm³/mol. The number of pyridine rings is 1. The van der Waals surface area contributed by atoms with Gasteiger partial charge in [-0.2, -0.15) is 4.31 Å². The van der Waals surface area contributed by atoms with Crippen LogP contribution in [-0.2, 0) is 10.0 Å². The lowest BCUT2D eigenvalue weighted by atomic mass is 10.2. The molecule has 9 nitrogen and oxygen atoms in total. The topological polar surface area (TPSA) is 109 Å². The Hall–Kier alpha value is -3.24. The van der Waals surface area contributed by atoms with Crippen LogP contribution in [0.3, 0.4) is 0 Å². The van der Waals surface area contributed by atoms with Crippen LogP contribution in [0.5, 0.6) is 0 Å². The van der Waals surface area contributed by atoms with Gasteiger partial charge in [0.05, 0.1) is 16.3 Å². The van der Waals surface area contributed by atoms with Crippen LogP contribution in [0.25, 0.3) is 11.3 Å². The molecule has 0 aliphatic rings. The summed E-state index contributed by atoms with van der Waals surface area (Å²) >= 11 is 0. The number of anilines is 2. The van der Waals surface area contributed by atoms with Gasteiger partial charge in [0.2, 0.25) is 10.0 Å². The molecule has 3 rings (SSSR count). The first-order valence-corrected chi connectivity index (χ1v) is 12.4. The highest BCUT2D eigenvalue weighted by molar-refractivity contribution is 7.89. The van der Waals surface area contributed by atoms with Crippen molar-refractivity contribution in [1.82, 2.24) is 14.4 Å². The summed E-state index contributed by atoms with van der Waals surface area (Å²) in [5.41, 5.74) is 1.89. The van der Waals surface area contributed by atoms with Gasteiger partial charge in [0, 0.05) is 50.2 Å². The van der Waals surface area contributed by atoms with Crippen LogP contribution in [0.2, 0.25) is 0 Å². The lowest BCUT2D eigenvalue weighted by molar-refractivity contribution is 0.101. The average Bonchev–Trinajstić information content (AvgIpc) is 3.32. The number of nitrogens with one attached hydrogen (secondary N) is 1. The second-order valence-electron chi connectivity index (χ2n) is 7.21. The number of benzene rings is 1. The van der Waals surface area contributed by atoms with E-state index in [4.69, 9.17) is 4.52 Å². The van der Waals surface area contributed by atoms with E-state index in [2.05, 4.69) is 15.5 Å². The smallest absolute Gasteiger partial charge is 0.277 e. The van der Waals surface area contributed by atoms with Crippen molar-refractivity contribution in [3.8, 4) is 11.3 Å². The Labute approximate surface area is 194 Å². The molecule has 0 unspecified atom stereocenters. The molecule has 1 aromatic carbocycles. The third-order valence-electron chi connectivity index (χ3n) is 5.35. The highest BCUT2D eigenvalue weighted by atomic mass is 32.2. The standard InChI is InChI=1S/C23H29N5O4S/c1-5-27(6-2)21-12-11-18(33(30,31)28(7-3)8-4)14-19(21)25-23(29)20-15-22(32-26-20)17-10-9-13-24-16-17/h9-16H,5-8H2,1-4H3,(H,25,29). The highest BCUT2D eigenvalue weighted by Crippen LogP contribution is 2.31. The molecule has 1 amide bonds. The Morgan fingerprint density at radius 3 is 2.36 bits per heavy atom. The Morgan fingerprint density at radius 2 is 1.76 bits per heavy atom. The van der Waals surface area contributed by atoms with E-state index in [1.807, 2.05) is 18.7 Å². The molecule has 2 heterocycles. The lowest BCUT2D eigenvalue weighted by Gasteiger charge is -2.25. The van der Waals surface area contributed by atoms with Gasteiger partial charge in [-0.3, -0.25) is 9.78 Å². The largest absolute Gasteiger partial charge is 0.370 e. The van der Waals surface area contributed by atoms with E-state index >= 15 is 0 Å². The Balaban J connectivity index is 1.97. The number of carbonyl (C=O) groups is 1. The van der Waals surface area contributed by atoms with Crippen molar-refractivity contribution in [1.29, 1.82) is 0 Å². The van der Waals surface area contributed by atoms with Crippen molar-refractivity contribution in [2.24, 2.45) is 0 Å². The van der Waals surface area contributed by atoms with Crippen molar-refractivity contribution >= 4 is 27.3 Å². The van der Waals surface area contributed by atoms with Gasteiger partial charge in [-0.05, 0) is 44.2 Å². The minimum absolute atomic E-state index is 0.0800. The number of rotatable bonds is 10. The molecule has 0 saturated heterocycles. The van der Waals surface area contributed by atoms with E-state index in [1.165, 1.54) is 16.4 Å². The van der Waals surface area contributed by atoms with Crippen molar-refractivity contribution in [2.45, 2.75) is 32.6 Å². The zero-order chi connectivity index (χ0) is 24.0. The molecule has 0 fully saturated rings. The van der Waals surface area contributed by atoms with Gasteiger partial charge >= 0.3 is 0 Å². The molecule has 33 heavy (non-hydrogen) atoms. The van der Waals surface area contributed by atoms with Gasteiger partial charge in [-0.25, -0.2) is 8.42 Å². The van der Waals surface area contributed by atoms with E-state index in [0.29, 0.717) is 43.2 Å². The summed E-state index contributed by atoms with van der Waals surface area (Å²) in [5, 5.41) is 6.70. The maximum absolute atomic E-state index is 13.0. The zero-order valence-corrected chi connectivity index (χ0v) is 20.1. The summed E-state index contributed by atoms with van der Waals surface area (Å²) in [5.74, 6) is -0.0882. The summed E-state index contributed by atoms with van der Waals surface area (Å²) in [7, 11) is -3.69. The summed E-state index contributed by atoms with van der Waals surface area (Å²) in [6, 6.07) is 9.89. The van der Waals surface area contributed by atoms with Gasteiger partial charge in [-0.1, -0.05) is 19.0 Å². The fourth-order valence-electron chi connectivity index (χ4n) is 3.54. The number of aromatic nitrogens is 2. The summed E-state index contributed by atoms with van der Waals surface area (Å²) < 4.78 is 32.8. The van der Waals surface area contributed by atoms with Crippen molar-refractivity contribution in [3.05, 3.63) is 54.5 Å². The molecular weight excluding hydrogens is 442 g/mol. The summed E-state index contributed by atoms with van der Waals surface area (Å²) in [6.07, 6.45) is 3.25. The first kappa shape index (κ1) is 24.4. The molecule has 0 aliphatic carbocycles. The minimum Gasteiger partial charge on any atom is -0.370 e. The molecule has 0 spiro atoms. The second kappa shape index (κ2) is 10.6. The van der Waals surface area contributed by atoms with Gasteiger partial charge < -0.3 is 14.7 Å². The van der Waals surface area contributed by atoms with Gasteiger partial charge in [0.25, 0.3) is 5.91 Å². The number of hydrogen-bond acceptors (Lipinski definition) is 7. The van der Waals surface area contributed by atoms with Crippen LogP contribution < -0.4 is 10.2 Å². The molecule has 0 bridgehead atoms. The second-order valence-corrected chi connectivity index (χ2v) is 9.15. The van der Waals surface area contributed by atoms with Crippen LogP contribution >= 0.6 is 0 Å². The van der Waals surface area contributed by atoms with Crippen LogP contribution in [0.4, 0.5) is 11.4 Å². The van der Waals surface area contributed by atoms with Crippen molar-refractivity contribution in [3.63, 3.8) is 0 Å². The maximum Gasteiger partial charge on any atom is 0.277 e. The van der Waals surface area contributed by atoms with Crippen LogP contribution in [0, 0.1) is 0 Å². The third kappa shape index (κ3) is 5.23. The molecule has 10 heteroatoms. The summed E-state index contributed by atoms with van der Waals surface area (Å²) in [6.45, 7) is 9.66. The Kier molecular flexibility index (Phi) is 7.83. The molecule has 1 N–H and O–H groups in total. The number of carbonyl (C=O) groups excluding carboxylic acids is 1. The number of hydrogen-bond donors (Lipinski definition) is 1. The molecule has 0 saturated carbocycles. The third-order valence-corrected chi connectivity index (χ3v) is 7.40. The molecule has 3 aromatic rings. The quantitative estimate of drug-likeness (QED) is 0.478. The van der Waals surface area contributed by atoms with Crippen LogP contribution in [0.1, 0.15) is 38.2 Å². The Morgan fingerprint density at radius 1 is 1.03 bits per heavy atom. The van der Waals surface area contributed by atoms with Crippen LogP contribution in [0.15, 0.2) is 58.2 Å². The molecule has 176 valence electrons. The minimum atomic E-state index is -3.69. The highest BCUT2D eigenvalue weighted by Gasteiger charge is 2.24. The predicted octanol–water partition coefficient (Wildman–Crippen LogP) is 3.87. The number of sulfonamides is 1. The van der Waals surface area contributed by atoms with E-state index in [0.717, 1.165) is 5.69 Å². The maximum atomic E-state index is 13.0. The molecule has 0 aliphatic heterocycles. The first-order chi connectivity index (χ1) is 15.8. The van der Waals surface area contributed by atoms with Crippen molar-refractivity contribution < 1.29 is 17.7 Å². The fourth-order valence-corrected chi connectivity index (χ4v) is 5.03. The Bertz CT molecular complexity index is 1190. The SMILES string of the molecule is CCN(CC)c1ccc(S(=O)(=O)N(CC)CC)cc1NC(=O)c1cc(-c2cccnc2)on1. The first-order valence-electron chi connectivity index (χ1n) is 10.9. The van der Waals surface area contributed by atoms with Crippen LogP contribution in [-0.4, -0.2) is 54.9 Å². The normalized spacial score (nSPS) is 11.5. The van der Waals surface area contributed by atoms with Crippen molar-refractivity contribution in [2.75, 3.05) is 36.4 Å². The number of amides is 1. The zero-order valence-electron chi connectivity index (χ0n) is 19.3. The van der Waals surface area contributed by atoms with E-state index in [9.17, 15) is 13.2 Å². The van der Waals surface area contributed by atoms with E-state index < -0.39 is 15.9 Å². The average molecular weight is 472 g/mol.